The van der Waals surface area contributed by atoms with Gasteiger partial charge in [-0.2, -0.15) is 13.2 Å². The fourth-order valence-corrected chi connectivity index (χ4v) is 2.95. The number of hydrogen-bond acceptors (Lipinski definition) is 1. The maximum Gasteiger partial charge on any atom is 0.391 e. The second-order valence-electron chi connectivity index (χ2n) is 5.94. The molecule has 20 heavy (non-hydrogen) atoms. The second kappa shape index (κ2) is 7.53. The second-order valence-corrected chi connectivity index (χ2v) is 6.32. The Labute approximate surface area is 123 Å². The molecular weight excluding hydrogens is 291 g/mol. The molecule has 1 saturated carbocycles. The van der Waals surface area contributed by atoms with Crippen LogP contribution in [0.1, 0.15) is 46.0 Å². The number of amides is 1. The van der Waals surface area contributed by atoms with E-state index in [9.17, 15) is 18.0 Å². The molecular formula is C14H23ClF3NO. The van der Waals surface area contributed by atoms with E-state index in [1.165, 1.54) is 0 Å². The van der Waals surface area contributed by atoms with E-state index < -0.39 is 18.0 Å². The molecule has 0 heterocycles. The van der Waals surface area contributed by atoms with Gasteiger partial charge in [-0.15, -0.1) is 11.6 Å². The molecule has 118 valence electrons. The molecule has 1 fully saturated rings. The van der Waals surface area contributed by atoms with Crippen LogP contribution >= 0.6 is 11.6 Å². The summed E-state index contributed by atoms with van der Waals surface area (Å²) in [6.45, 7) is 3.94. The summed E-state index contributed by atoms with van der Waals surface area (Å²) in [5.74, 6) is -1.45. The number of alkyl halides is 4. The number of halogens is 4. The van der Waals surface area contributed by atoms with Crippen LogP contribution in [-0.2, 0) is 4.79 Å². The van der Waals surface area contributed by atoms with Crippen molar-refractivity contribution in [2.45, 2.75) is 58.2 Å². The van der Waals surface area contributed by atoms with Crippen LogP contribution in [0.5, 0.6) is 0 Å². The van der Waals surface area contributed by atoms with Gasteiger partial charge in [0.2, 0.25) is 5.91 Å². The summed E-state index contributed by atoms with van der Waals surface area (Å²) in [7, 11) is 0. The minimum Gasteiger partial charge on any atom is -0.353 e. The fourth-order valence-electron chi connectivity index (χ4n) is 2.72. The number of hydrogen-bond donors (Lipinski definition) is 1. The molecule has 0 bridgehead atoms. The zero-order valence-corrected chi connectivity index (χ0v) is 12.7. The molecule has 0 spiro atoms. The lowest BCUT2D eigenvalue weighted by Crippen LogP contribution is -2.44. The number of rotatable bonds is 5. The van der Waals surface area contributed by atoms with Crippen LogP contribution in [-0.4, -0.2) is 24.0 Å². The Balaban J connectivity index is 2.58. The highest BCUT2D eigenvalue weighted by atomic mass is 35.5. The van der Waals surface area contributed by atoms with Crippen molar-refractivity contribution in [2.75, 3.05) is 5.88 Å². The first kappa shape index (κ1) is 17.6. The molecule has 1 aliphatic rings. The quantitative estimate of drug-likeness (QED) is 0.760. The standard InChI is InChI=1S/C14H23ClF3NO/c1-9(2)12(6-7-15)19-13(20)10-4-3-5-11(8-10)14(16,17)18/h9-12H,3-8H2,1-2H3,(H,19,20). The van der Waals surface area contributed by atoms with E-state index in [1.54, 1.807) is 0 Å². The minimum atomic E-state index is -4.19. The monoisotopic (exact) mass is 313 g/mol. The minimum absolute atomic E-state index is 0.0636. The highest BCUT2D eigenvalue weighted by Crippen LogP contribution is 2.40. The third kappa shape index (κ3) is 5.15. The van der Waals surface area contributed by atoms with E-state index in [2.05, 4.69) is 5.32 Å². The molecule has 1 amide bonds. The van der Waals surface area contributed by atoms with Crippen LogP contribution in [0.15, 0.2) is 0 Å². The zero-order chi connectivity index (χ0) is 15.3. The van der Waals surface area contributed by atoms with Gasteiger partial charge in [-0.1, -0.05) is 20.3 Å². The molecule has 0 radical (unpaired) electrons. The Morgan fingerprint density at radius 3 is 2.50 bits per heavy atom. The Morgan fingerprint density at radius 2 is 2.00 bits per heavy atom. The van der Waals surface area contributed by atoms with Gasteiger partial charge < -0.3 is 5.32 Å². The van der Waals surface area contributed by atoms with E-state index in [0.29, 0.717) is 25.1 Å². The molecule has 0 aliphatic heterocycles. The molecule has 1 N–H and O–H groups in total. The Kier molecular flexibility index (Phi) is 6.62. The van der Waals surface area contributed by atoms with Crippen molar-refractivity contribution >= 4 is 17.5 Å². The van der Waals surface area contributed by atoms with Gasteiger partial charge in [0.15, 0.2) is 0 Å². The third-order valence-corrected chi connectivity index (χ3v) is 4.28. The van der Waals surface area contributed by atoms with Gasteiger partial charge >= 0.3 is 6.18 Å². The predicted octanol–water partition coefficient (Wildman–Crippen LogP) is 4.12. The van der Waals surface area contributed by atoms with E-state index in [1.807, 2.05) is 13.8 Å². The fraction of sp³-hybridized carbons (Fsp3) is 0.929. The van der Waals surface area contributed by atoms with Gasteiger partial charge in [0, 0.05) is 17.8 Å². The summed E-state index contributed by atoms with van der Waals surface area (Å²) in [4.78, 5) is 12.1. The lowest BCUT2D eigenvalue weighted by Gasteiger charge is -2.31. The lowest BCUT2D eigenvalue weighted by atomic mass is 9.80. The van der Waals surface area contributed by atoms with Crippen LogP contribution in [0.4, 0.5) is 13.2 Å². The van der Waals surface area contributed by atoms with Crippen molar-refractivity contribution in [1.82, 2.24) is 5.32 Å². The lowest BCUT2D eigenvalue weighted by molar-refractivity contribution is -0.186. The Morgan fingerprint density at radius 1 is 1.35 bits per heavy atom. The number of carbonyl (C=O) groups excluding carboxylic acids is 1. The van der Waals surface area contributed by atoms with Gasteiger partial charge in [0.05, 0.1) is 5.92 Å². The summed E-state index contributed by atoms with van der Waals surface area (Å²) in [6.07, 6.45) is -2.48. The third-order valence-electron chi connectivity index (χ3n) is 4.06. The summed E-state index contributed by atoms with van der Waals surface area (Å²) < 4.78 is 38.2. The van der Waals surface area contributed by atoms with Crippen LogP contribution in [0, 0.1) is 17.8 Å². The first-order valence-corrected chi connectivity index (χ1v) is 7.72. The molecule has 0 saturated heterocycles. The Hall–Kier alpha value is -0.450. The number of nitrogens with one attached hydrogen (secondary N) is 1. The molecule has 1 aliphatic carbocycles. The topological polar surface area (TPSA) is 29.1 Å². The zero-order valence-electron chi connectivity index (χ0n) is 12.0. The number of carbonyl (C=O) groups is 1. The van der Waals surface area contributed by atoms with Gasteiger partial charge in [-0.3, -0.25) is 4.79 Å². The normalized spacial score (nSPS) is 25.6. The van der Waals surface area contributed by atoms with Crippen molar-refractivity contribution in [3.8, 4) is 0 Å². The molecule has 3 unspecified atom stereocenters. The average molecular weight is 314 g/mol. The van der Waals surface area contributed by atoms with Crippen molar-refractivity contribution in [2.24, 2.45) is 17.8 Å². The van der Waals surface area contributed by atoms with Crippen molar-refractivity contribution in [1.29, 1.82) is 0 Å². The Bertz CT molecular complexity index is 320. The summed E-state index contributed by atoms with van der Waals surface area (Å²) in [6, 6.07) is -0.0636. The van der Waals surface area contributed by atoms with Crippen molar-refractivity contribution in [3.05, 3.63) is 0 Å². The first-order valence-electron chi connectivity index (χ1n) is 7.18. The molecule has 0 aromatic rings. The predicted molar refractivity (Wildman–Crippen MR) is 73.6 cm³/mol. The molecule has 0 aromatic carbocycles. The van der Waals surface area contributed by atoms with E-state index in [0.717, 1.165) is 0 Å². The SMILES string of the molecule is CC(C)C(CCCl)NC(=O)C1CCCC(C(F)(F)F)C1. The summed E-state index contributed by atoms with van der Waals surface area (Å²) in [5, 5.41) is 2.87. The van der Waals surface area contributed by atoms with Crippen LogP contribution in [0.25, 0.3) is 0 Å². The molecule has 1 rings (SSSR count). The van der Waals surface area contributed by atoms with Gasteiger partial charge in [0.1, 0.15) is 0 Å². The summed E-state index contributed by atoms with van der Waals surface area (Å²) in [5.41, 5.74) is 0. The van der Waals surface area contributed by atoms with Crippen LogP contribution in [0.2, 0.25) is 0 Å². The van der Waals surface area contributed by atoms with E-state index in [4.69, 9.17) is 11.6 Å². The van der Waals surface area contributed by atoms with Gasteiger partial charge in [-0.05, 0) is 31.6 Å². The van der Waals surface area contributed by atoms with Crippen LogP contribution in [0.3, 0.4) is 0 Å². The largest absolute Gasteiger partial charge is 0.391 e. The van der Waals surface area contributed by atoms with Gasteiger partial charge in [0.25, 0.3) is 0 Å². The van der Waals surface area contributed by atoms with E-state index in [-0.39, 0.29) is 30.7 Å². The van der Waals surface area contributed by atoms with Crippen molar-refractivity contribution < 1.29 is 18.0 Å². The van der Waals surface area contributed by atoms with E-state index >= 15 is 0 Å². The van der Waals surface area contributed by atoms with Crippen molar-refractivity contribution in [3.63, 3.8) is 0 Å². The van der Waals surface area contributed by atoms with Crippen LogP contribution < -0.4 is 5.32 Å². The molecule has 6 heteroatoms. The maximum absolute atomic E-state index is 12.7. The molecule has 0 aromatic heterocycles. The highest BCUT2D eigenvalue weighted by molar-refractivity contribution is 6.17. The molecule has 2 nitrogen and oxygen atoms in total. The highest BCUT2D eigenvalue weighted by Gasteiger charge is 2.43. The first-order chi connectivity index (χ1) is 9.25. The summed E-state index contributed by atoms with van der Waals surface area (Å²) >= 11 is 5.69. The average Bonchev–Trinajstić information content (AvgIpc) is 2.37. The smallest absolute Gasteiger partial charge is 0.353 e. The molecule has 3 atom stereocenters. The van der Waals surface area contributed by atoms with Gasteiger partial charge in [-0.25, -0.2) is 0 Å². The maximum atomic E-state index is 12.7.